The molecule has 0 rings (SSSR count). The molecular formula is C5H7F2N. The minimum atomic E-state index is -2.65. The maximum Gasteiger partial charge on any atom is 0.267 e. The quantitative estimate of drug-likeness (QED) is 0.502. The molecule has 0 aliphatic heterocycles. The van der Waals surface area contributed by atoms with Crippen molar-refractivity contribution in [3.8, 4) is 12.3 Å². The second kappa shape index (κ2) is 2.10. The van der Waals surface area contributed by atoms with E-state index in [1.165, 1.54) is 0 Å². The molecule has 0 aliphatic carbocycles. The normalized spacial score (nSPS) is 17.5. The number of terminal acetylenes is 1. The van der Waals surface area contributed by atoms with Gasteiger partial charge < -0.3 is 5.73 Å². The molecule has 0 heterocycles. The van der Waals surface area contributed by atoms with Crippen LogP contribution in [0.4, 0.5) is 8.78 Å². The average Bonchev–Trinajstić information content (AvgIpc) is 1.67. The van der Waals surface area contributed by atoms with Crippen molar-refractivity contribution in [1.82, 2.24) is 0 Å². The zero-order valence-corrected chi connectivity index (χ0v) is 4.49. The van der Waals surface area contributed by atoms with Gasteiger partial charge in [-0.25, -0.2) is 8.78 Å². The smallest absolute Gasteiger partial charge is 0.267 e. The molecule has 1 unspecified atom stereocenters. The lowest BCUT2D eigenvalue weighted by Crippen LogP contribution is -2.41. The molecule has 0 saturated carbocycles. The monoisotopic (exact) mass is 119 g/mol. The van der Waals surface area contributed by atoms with Crippen LogP contribution in [0, 0.1) is 12.3 Å². The molecule has 0 fully saturated rings. The summed E-state index contributed by atoms with van der Waals surface area (Å²) in [4.78, 5) is 0. The van der Waals surface area contributed by atoms with Crippen LogP contribution in [0.2, 0.25) is 0 Å². The second-order valence-electron chi connectivity index (χ2n) is 1.73. The van der Waals surface area contributed by atoms with Gasteiger partial charge in [-0.15, -0.1) is 6.42 Å². The first kappa shape index (κ1) is 7.38. The second-order valence-corrected chi connectivity index (χ2v) is 1.73. The van der Waals surface area contributed by atoms with Crippen molar-refractivity contribution in [2.75, 3.05) is 0 Å². The Morgan fingerprint density at radius 2 is 2.12 bits per heavy atom. The van der Waals surface area contributed by atoms with E-state index in [9.17, 15) is 8.78 Å². The molecule has 1 nitrogen and oxygen atoms in total. The van der Waals surface area contributed by atoms with Crippen LogP contribution in [-0.2, 0) is 0 Å². The van der Waals surface area contributed by atoms with Crippen molar-refractivity contribution in [2.24, 2.45) is 5.73 Å². The Bertz CT molecular complexity index is 112. The molecule has 0 aliphatic rings. The van der Waals surface area contributed by atoms with E-state index in [2.05, 4.69) is 6.42 Å². The Morgan fingerprint density at radius 1 is 1.75 bits per heavy atom. The lowest BCUT2D eigenvalue weighted by atomic mass is 10.1. The number of halogens is 2. The average molecular weight is 119 g/mol. The molecule has 2 N–H and O–H groups in total. The lowest BCUT2D eigenvalue weighted by molar-refractivity contribution is 0.0933. The van der Waals surface area contributed by atoms with Crippen LogP contribution in [0.15, 0.2) is 0 Å². The van der Waals surface area contributed by atoms with E-state index in [0.29, 0.717) is 0 Å². The van der Waals surface area contributed by atoms with Gasteiger partial charge in [0.05, 0.1) is 0 Å². The third kappa shape index (κ3) is 1.47. The Hall–Kier alpha value is -0.620. The van der Waals surface area contributed by atoms with E-state index in [1.54, 1.807) is 5.92 Å². The summed E-state index contributed by atoms with van der Waals surface area (Å²) in [6.45, 7) is 1.11. The Labute approximate surface area is 46.9 Å². The van der Waals surface area contributed by atoms with Gasteiger partial charge in [0.2, 0.25) is 0 Å². The fraction of sp³-hybridized carbons (Fsp3) is 0.600. The molecule has 1 atom stereocenters. The molecule has 0 saturated heterocycles. The van der Waals surface area contributed by atoms with Crippen molar-refractivity contribution in [1.29, 1.82) is 0 Å². The number of alkyl halides is 2. The summed E-state index contributed by atoms with van der Waals surface area (Å²) in [7, 11) is 0. The van der Waals surface area contributed by atoms with Gasteiger partial charge in [-0.1, -0.05) is 5.92 Å². The molecule has 8 heavy (non-hydrogen) atoms. The molecule has 0 spiro atoms. The summed E-state index contributed by atoms with van der Waals surface area (Å²) in [5.74, 6) is 1.77. The standard InChI is InChI=1S/C5H7F2N/c1-3-5(2,8)4(6)7/h1,4H,8H2,2H3. The topological polar surface area (TPSA) is 26.0 Å². The summed E-state index contributed by atoms with van der Waals surface area (Å²) in [5.41, 5.74) is 3.11. The third-order valence-electron chi connectivity index (χ3n) is 0.764. The SMILES string of the molecule is C#CC(C)(N)C(F)F. The highest BCUT2D eigenvalue weighted by Crippen LogP contribution is 2.08. The fourth-order valence-corrected chi connectivity index (χ4v) is 0.0630. The van der Waals surface area contributed by atoms with Gasteiger partial charge >= 0.3 is 0 Å². The molecule has 0 amide bonds. The first-order valence-electron chi connectivity index (χ1n) is 2.05. The number of nitrogens with two attached hydrogens (primary N) is 1. The van der Waals surface area contributed by atoms with E-state index >= 15 is 0 Å². The van der Waals surface area contributed by atoms with Crippen molar-refractivity contribution < 1.29 is 8.78 Å². The number of rotatable bonds is 1. The van der Waals surface area contributed by atoms with Crippen LogP contribution in [0.3, 0.4) is 0 Å². The minimum Gasteiger partial charge on any atom is -0.311 e. The van der Waals surface area contributed by atoms with E-state index < -0.39 is 12.0 Å². The van der Waals surface area contributed by atoms with Crippen LogP contribution in [-0.4, -0.2) is 12.0 Å². The first-order valence-corrected chi connectivity index (χ1v) is 2.05. The number of hydrogen-bond acceptors (Lipinski definition) is 1. The summed E-state index contributed by atoms with van der Waals surface area (Å²) >= 11 is 0. The summed E-state index contributed by atoms with van der Waals surface area (Å²) in [5, 5.41) is 0. The highest BCUT2D eigenvalue weighted by Gasteiger charge is 2.26. The van der Waals surface area contributed by atoms with Crippen molar-refractivity contribution >= 4 is 0 Å². The maximum absolute atomic E-state index is 11.5. The lowest BCUT2D eigenvalue weighted by Gasteiger charge is -2.14. The maximum atomic E-state index is 11.5. The fourth-order valence-electron chi connectivity index (χ4n) is 0.0630. The van der Waals surface area contributed by atoms with Gasteiger partial charge in [-0.05, 0) is 6.92 Å². The third-order valence-corrected chi connectivity index (χ3v) is 0.764. The highest BCUT2D eigenvalue weighted by molar-refractivity contribution is 5.09. The Kier molecular flexibility index (Phi) is 1.94. The van der Waals surface area contributed by atoms with E-state index in [4.69, 9.17) is 5.73 Å². The molecule has 0 aromatic rings. The largest absolute Gasteiger partial charge is 0.311 e. The van der Waals surface area contributed by atoms with Crippen LogP contribution in [0.25, 0.3) is 0 Å². The predicted octanol–water partition coefficient (Wildman–Crippen LogP) is 0.602. The molecule has 0 radical (unpaired) electrons. The Morgan fingerprint density at radius 3 is 2.12 bits per heavy atom. The van der Waals surface area contributed by atoms with Gasteiger partial charge in [-0.2, -0.15) is 0 Å². The Balaban J connectivity index is 3.97. The molecular weight excluding hydrogens is 112 g/mol. The first-order chi connectivity index (χ1) is 3.50. The van der Waals surface area contributed by atoms with Crippen LogP contribution >= 0.6 is 0 Å². The van der Waals surface area contributed by atoms with Crippen molar-refractivity contribution in [2.45, 2.75) is 18.9 Å². The molecule has 3 heteroatoms. The summed E-state index contributed by atoms with van der Waals surface area (Å²) in [6.07, 6.45) is 2.01. The van der Waals surface area contributed by atoms with Crippen LogP contribution in [0.5, 0.6) is 0 Å². The molecule has 0 aromatic heterocycles. The molecule has 0 aromatic carbocycles. The highest BCUT2D eigenvalue weighted by atomic mass is 19.3. The van der Waals surface area contributed by atoms with E-state index in [0.717, 1.165) is 6.92 Å². The summed E-state index contributed by atoms with van der Waals surface area (Å²) in [6, 6.07) is 0. The minimum absolute atomic E-state index is 1.11. The van der Waals surface area contributed by atoms with Crippen LogP contribution < -0.4 is 5.73 Å². The van der Waals surface area contributed by atoms with Crippen molar-refractivity contribution in [3.63, 3.8) is 0 Å². The number of hydrogen-bond donors (Lipinski definition) is 1. The van der Waals surface area contributed by atoms with Crippen LogP contribution in [0.1, 0.15) is 6.92 Å². The van der Waals surface area contributed by atoms with Crippen molar-refractivity contribution in [3.05, 3.63) is 0 Å². The van der Waals surface area contributed by atoms with E-state index in [1.807, 2.05) is 0 Å². The molecule has 0 bridgehead atoms. The zero-order chi connectivity index (χ0) is 6.78. The van der Waals surface area contributed by atoms with Gasteiger partial charge in [0.15, 0.2) is 0 Å². The van der Waals surface area contributed by atoms with Gasteiger partial charge in [0, 0.05) is 0 Å². The molecule has 46 valence electrons. The van der Waals surface area contributed by atoms with Gasteiger partial charge in [0.25, 0.3) is 6.43 Å². The zero-order valence-electron chi connectivity index (χ0n) is 4.49. The van der Waals surface area contributed by atoms with Gasteiger partial charge in [-0.3, -0.25) is 0 Å². The van der Waals surface area contributed by atoms with Gasteiger partial charge in [0.1, 0.15) is 5.54 Å². The van der Waals surface area contributed by atoms with E-state index in [-0.39, 0.29) is 0 Å². The predicted molar refractivity (Wildman–Crippen MR) is 27.4 cm³/mol. The summed E-state index contributed by atoms with van der Waals surface area (Å²) < 4.78 is 23.1.